The first-order valence-corrected chi connectivity index (χ1v) is 5.97. The number of carbonyl (C=O) groups is 3. The van der Waals surface area contributed by atoms with Crippen LogP contribution >= 0.6 is 0 Å². The second kappa shape index (κ2) is 17.0. The Balaban J connectivity index is -0.000000269. The molecule has 3 N–H and O–H groups in total. The molecule has 6 nitrogen and oxygen atoms in total. The van der Waals surface area contributed by atoms with Crippen LogP contribution in [-0.2, 0) is 36.1 Å². The summed E-state index contributed by atoms with van der Waals surface area (Å²) in [5.74, 6) is 0.681. The van der Waals surface area contributed by atoms with Gasteiger partial charge in [-0.25, -0.2) is 14.4 Å². The van der Waals surface area contributed by atoms with Crippen LogP contribution in [0.25, 0.3) is 10.8 Å². The molecule has 0 spiro atoms. The van der Waals surface area contributed by atoms with Gasteiger partial charge in [0.2, 0.25) is 0 Å². The van der Waals surface area contributed by atoms with E-state index in [9.17, 15) is 0 Å². The van der Waals surface area contributed by atoms with Crippen molar-refractivity contribution in [2.45, 2.75) is 0 Å². The van der Waals surface area contributed by atoms with Crippen molar-refractivity contribution < 1.29 is 51.4 Å². The number of hydrogen-bond donors (Lipinski definition) is 3. The largest absolute Gasteiger partial charge is 0.472 e. The Hall–Kier alpha value is -3.37. The maximum atomic E-state index is 9.13. The van der Waals surface area contributed by atoms with E-state index >= 15 is 0 Å². The molecule has 0 unspecified atom stereocenters. The van der Waals surface area contributed by atoms with Gasteiger partial charge in [-0.05, 0) is 0 Å². The predicted molar refractivity (Wildman–Crippen MR) is 88.9 cm³/mol. The smallest absolute Gasteiger partial charge is 0.381 e. The fraction of sp³-hybridized carbons (Fsp3) is 0. The molecule has 0 atom stereocenters. The van der Waals surface area contributed by atoms with Gasteiger partial charge in [-0.3, -0.25) is 0 Å². The van der Waals surface area contributed by atoms with Gasteiger partial charge in [0.1, 0.15) is 0 Å². The molecule has 2 aromatic rings. The summed E-state index contributed by atoms with van der Waals surface area (Å²) in [6.45, 7) is 0. The van der Waals surface area contributed by atoms with Crippen molar-refractivity contribution in [1.29, 1.82) is 0 Å². The summed E-state index contributed by atoms with van der Waals surface area (Å²) in [5.41, 5.74) is 0. The van der Waals surface area contributed by atoms with Crippen molar-refractivity contribution >= 4 is 28.7 Å². The summed E-state index contributed by atoms with van der Waals surface area (Å²) in [6.07, 6.45) is 13.0. The Morgan fingerprint density at radius 1 is 0.800 bits per heavy atom. The Morgan fingerprint density at radius 2 is 1.16 bits per heavy atom. The van der Waals surface area contributed by atoms with Crippen molar-refractivity contribution in [2.24, 2.45) is 0 Å². The first-order chi connectivity index (χ1) is 11.3. The molecule has 0 fully saturated rings. The third-order valence-corrected chi connectivity index (χ3v) is 1.92. The van der Waals surface area contributed by atoms with Crippen molar-refractivity contribution in [2.75, 3.05) is 0 Å². The van der Waals surface area contributed by atoms with Crippen LogP contribution in [0.2, 0.25) is 0 Å². The summed E-state index contributed by atoms with van der Waals surface area (Å²) in [7, 11) is 0. The van der Waals surface area contributed by atoms with E-state index in [1.807, 2.05) is 0 Å². The number of fused-ring (bicyclic) bond motifs is 1. The van der Waals surface area contributed by atoms with E-state index in [0.717, 1.165) is 0 Å². The van der Waals surface area contributed by atoms with E-state index in [4.69, 9.17) is 29.7 Å². The molecule has 0 amide bonds. The van der Waals surface area contributed by atoms with Gasteiger partial charge in [0.15, 0.2) is 0 Å². The molecule has 0 bridgehead atoms. The summed E-state index contributed by atoms with van der Waals surface area (Å²) < 4.78 is 0. The Bertz CT molecular complexity index is 712. The summed E-state index contributed by atoms with van der Waals surface area (Å²) in [4.78, 5) is 27.4. The number of aliphatic carboxylic acids is 3. The van der Waals surface area contributed by atoms with Crippen molar-refractivity contribution in [3.63, 3.8) is 0 Å². The molecule has 0 heterocycles. The van der Waals surface area contributed by atoms with Crippen LogP contribution in [0.3, 0.4) is 0 Å². The molecular formula is C18H13O6Ti-. The first kappa shape index (κ1) is 26.5. The van der Waals surface area contributed by atoms with E-state index in [1.165, 1.54) is 28.5 Å². The van der Waals surface area contributed by atoms with Gasteiger partial charge in [0.05, 0.1) is 0 Å². The first-order valence-electron chi connectivity index (χ1n) is 5.97. The number of benzene rings is 1. The zero-order valence-electron chi connectivity index (χ0n) is 12.8. The number of rotatable bonds is 0. The number of carboxylic acid groups (broad SMARTS) is 3. The second-order valence-electron chi connectivity index (χ2n) is 3.50. The normalized spacial score (nSPS) is 6.92. The van der Waals surface area contributed by atoms with Gasteiger partial charge in [0.25, 0.3) is 0 Å². The Labute approximate surface area is 159 Å². The van der Waals surface area contributed by atoms with E-state index in [-0.39, 0.29) is 21.7 Å². The molecule has 7 heteroatoms. The average molecular weight is 373 g/mol. The number of carboxylic acids is 3. The molecule has 0 aliphatic heterocycles. The van der Waals surface area contributed by atoms with Gasteiger partial charge in [-0.15, -0.1) is 48.9 Å². The summed E-state index contributed by atoms with van der Waals surface area (Å²) in [6, 6.07) is 14.7. The minimum absolute atomic E-state index is 0. The van der Waals surface area contributed by atoms with Crippen LogP contribution in [0.4, 0.5) is 0 Å². The van der Waals surface area contributed by atoms with Crippen molar-refractivity contribution in [3.8, 4) is 37.0 Å². The van der Waals surface area contributed by atoms with Gasteiger partial charge in [-0.1, -0.05) is 6.07 Å². The van der Waals surface area contributed by atoms with Crippen molar-refractivity contribution in [3.05, 3.63) is 42.5 Å². The minimum Gasteiger partial charge on any atom is -0.472 e. The van der Waals surface area contributed by atoms with Crippen LogP contribution in [0, 0.1) is 37.0 Å². The molecule has 0 aliphatic carbocycles. The molecule has 2 aromatic carbocycles. The third kappa shape index (κ3) is 18.6. The molecule has 0 aromatic heterocycles. The van der Waals surface area contributed by atoms with Crippen LogP contribution in [-0.4, -0.2) is 33.2 Å². The number of hydrogen-bond acceptors (Lipinski definition) is 3. The topological polar surface area (TPSA) is 112 Å². The van der Waals surface area contributed by atoms with Gasteiger partial charge in [-0.2, -0.15) is 17.5 Å². The van der Waals surface area contributed by atoms with Gasteiger partial charge < -0.3 is 15.3 Å². The fourth-order valence-electron chi connectivity index (χ4n) is 1.07. The van der Waals surface area contributed by atoms with E-state index in [1.54, 1.807) is 0 Å². The summed E-state index contributed by atoms with van der Waals surface area (Å²) in [5, 5.41) is 25.1. The van der Waals surface area contributed by atoms with Crippen molar-refractivity contribution in [1.82, 2.24) is 0 Å². The second-order valence-corrected chi connectivity index (χ2v) is 3.50. The zero-order chi connectivity index (χ0) is 19.0. The van der Waals surface area contributed by atoms with Gasteiger partial charge >= 0.3 is 17.9 Å². The monoisotopic (exact) mass is 373 g/mol. The average Bonchev–Trinajstić information content (AvgIpc) is 3.05. The molecule has 0 saturated heterocycles. The molecule has 126 valence electrons. The van der Waals surface area contributed by atoms with Gasteiger partial charge in [0, 0.05) is 39.5 Å². The molecular weight excluding hydrogens is 360 g/mol. The zero-order valence-corrected chi connectivity index (χ0v) is 14.4. The van der Waals surface area contributed by atoms with E-state index in [0.29, 0.717) is 0 Å². The van der Waals surface area contributed by atoms with Crippen LogP contribution in [0.15, 0.2) is 42.5 Å². The third-order valence-electron chi connectivity index (χ3n) is 1.92. The van der Waals surface area contributed by atoms with Crippen LogP contribution in [0.1, 0.15) is 0 Å². The van der Waals surface area contributed by atoms with Crippen LogP contribution < -0.4 is 0 Å². The Kier molecular flexibility index (Phi) is 18.0. The molecule has 0 radical (unpaired) electrons. The molecule has 0 saturated carbocycles. The Morgan fingerprint density at radius 3 is 1.48 bits per heavy atom. The minimum atomic E-state index is -1.22. The summed E-state index contributed by atoms with van der Waals surface area (Å²) >= 11 is 0. The van der Waals surface area contributed by atoms with E-state index in [2.05, 4.69) is 61.7 Å². The SMILES string of the molecule is C#CC(=O)O.C#CC(=O)O.C#CC(=O)O.[Ti].c1ccc2[cH-]ccc2c1. The van der Waals surface area contributed by atoms with Crippen LogP contribution in [0.5, 0.6) is 0 Å². The standard InChI is InChI=1S/C9H7.3C3H2O2.Ti/c1-2-5-9-7-3-6-8(9)4-1;3*1-2-3(4)5;/h1-7H;3*1H,(H,4,5);/q-1;;;;. The molecule has 25 heavy (non-hydrogen) atoms. The fourth-order valence-corrected chi connectivity index (χ4v) is 1.07. The van der Waals surface area contributed by atoms with E-state index < -0.39 is 17.9 Å². The maximum absolute atomic E-state index is 9.13. The maximum Gasteiger partial charge on any atom is 0.381 e. The predicted octanol–water partition coefficient (Wildman–Crippen LogP) is 1.67. The molecule has 2 rings (SSSR count). The molecule has 0 aliphatic rings. The quantitative estimate of drug-likeness (QED) is 0.368. The number of terminal acetylenes is 3.